The number of rotatable bonds is 9. The first kappa shape index (κ1) is 20.2. The van der Waals surface area contributed by atoms with Crippen LogP contribution in [0.4, 0.5) is 0 Å². The van der Waals surface area contributed by atoms with E-state index < -0.39 is 21.9 Å². The fourth-order valence-corrected chi connectivity index (χ4v) is 3.98. The highest BCUT2D eigenvalue weighted by molar-refractivity contribution is 7.89. The van der Waals surface area contributed by atoms with Crippen LogP contribution in [0, 0.1) is 0 Å². The number of hydrogen-bond acceptors (Lipinski definition) is 5. The Balaban J connectivity index is 2.34. The van der Waals surface area contributed by atoms with Gasteiger partial charge in [0.1, 0.15) is 10.6 Å². The average molecular weight is 384 g/mol. The van der Waals surface area contributed by atoms with Crippen LogP contribution < -0.4 is 9.46 Å². The summed E-state index contributed by atoms with van der Waals surface area (Å²) >= 11 is 0. The molecule has 0 saturated heterocycles. The predicted molar refractivity (Wildman–Crippen MR) is 94.8 cm³/mol. The summed E-state index contributed by atoms with van der Waals surface area (Å²) in [7, 11) is -2.45. The van der Waals surface area contributed by atoms with E-state index >= 15 is 0 Å². The fraction of sp³-hybridized carbons (Fsp3) is 0.529. The molecular weight excluding hydrogens is 360 g/mol. The minimum absolute atomic E-state index is 0.0419. The molecule has 0 bridgehead atoms. The van der Waals surface area contributed by atoms with Gasteiger partial charge in [0.15, 0.2) is 0 Å². The monoisotopic (exact) mass is 384 g/mol. The normalized spacial score (nSPS) is 14.3. The molecule has 2 N–H and O–H groups in total. The minimum Gasteiger partial charge on any atom is -0.495 e. The Bertz CT molecular complexity index is 786. The number of carboxylic acid groups (broad SMARTS) is 1. The van der Waals surface area contributed by atoms with Gasteiger partial charge in [-0.05, 0) is 44.9 Å². The van der Waals surface area contributed by atoms with Crippen LogP contribution >= 0.6 is 0 Å². The first-order valence-electron chi connectivity index (χ1n) is 8.39. The molecule has 1 aliphatic carbocycles. The Morgan fingerprint density at radius 2 is 2.00 bits per heavy atom. The van der Waals surface area contributed by atoms with E-state index in [1.54, 1.807) is 13.8 Å². The van der Waals surface area contributed by atoms with Crippen molar-refractivity contribution in [2.45, 2.75) is 50.1 Å². The molecule has 0 atom stereocenters. The molecule has 1 aromatic carbocycles. The lowest BCUT2D eigenvalue weighted by Crippen LogP contribution is -2.38. The molecule has 144 valence electrons. The van der Waals surface area contributed by atoms with Crippen LogP contribution in [0.5, 0.6) is 5.75 Å². The number of ether oxygens (including phenoxy) is 1. The van der Waals surface area contributed by atoms with Crippen LogP contribution in [0.15, 0.2) is 23.1 Å². The van der Waals surface area contributed by atoms with Gasteiger partial charge in [-0.15, -0.1) is 0 Å². The van der Waals surface area contributed by atoms with E-state index in [-0.39, 0.29) is 41.3 Å². The van der Waals surface area contributed by atoms with E-state index in [9.17, 15) is 18.0 Å². The number of nitrogens with zero attached hydrogens (tertiary/aromatic N) is 1. The summed E-state index contributed by atoms with van der Waals surface area (Å²) in [4.78, 5) is 24.9. The van der Waals surface area contributed by atoms with Gasteiger partial charge in [0.05, 0.1) is 13.5 Å². The Hall–Kier alpha value is -2.13. The fourth-order valence-electron chi connectivity index (χ4n) is 2.48. The average Bonchev–Trinajstić information content (AvgIpc) is 3.36. The summed E-state index contributed by atoms with van der Waals surface area (Å²) in [5, 5.41) is 8.86. The number of hydrogen-bond donors (Lipinski definition) is 2. The maximum Gasteiger partial charge on any atom is 0.305 e. The molecular formula is C17H24N2O6S. The van der Waals surface area contributed by atoms with E-state index in [2.05, 4.69) is 4.72 Å². The van der Waals surface area contributed by atoms with Crippen LogP contribution in [0.25, 0.3) is 0 Å². The number of carbonyl (C=O) groups excluding carboxylic acids is 1. The third-order valence-corrected chi connectivity index (χ3v) is 5.59. The van der Waals surface area contributed by atoms with Crippen molar-refractivity contribution < 1.29 is 27.9 Å². The van der Waals surface area contributed by atoms with Crippen LogP contribution in [-0.4, -0.2) is 56.0 Å². The van der Waals surface area contributed by atoms with Crippen LogP contribution in [0.3, 0.4) is 0 Å². The smallest absolute Gasteiger partial charge is 0.305 e. The maximum absolute atomic E-state index is 12.8. The molecule has 0 unspecified atom stereocenters. The summed E-state index contributed by atoms with van der Waals surface area (Å²) < 4.78 is 32.8. The maximum atomic E-state index is 12.8. The zero-order valence-corrected chi connectivity index (χ0v) is 15.9. The molecule has 1 aromatic rings. The van der Waals surface area contributed by atoms with Gasteiger partial charge in [-0.25, -0.2) is 13.1 Å². The zero-order chi connectivity index (χ0) is 19.5. The van der Waals surface area contributed by atoms with Gasteiger partial charge in [0.2, 0.25) is 10.0 Å². The quantitative estimate of drug-likeness (QED) is 0.666. The number of nitrogens with one attached hydrogen (secondary N) is 1. The van der Waals surface area contributed by atoms with Crippen LogP contribution in [-0.2, 0) is 14.8 Å². The second-order valence-electron chi connectivity index (χ2n) is 6.50. The predicted octanol–water partition coefficient (Wildman–Crippen LogP) is 1.46. The van der Waals surface area contributed by atoms with Crippen molar-refractivity contribution in [2.24, 2.45) is 0 Å². The Morgan fingerprint density at radius 1 is 1.35 bits per heavy atom. The van der Waals surface area contributed by atoms with Crippen LogP contribution in [0.1, 0.15) is 43.5 Å². The standard InChI is InChI=1S/C17H24N2O6S/c1-11(2)19(9-8-16(20)21)17(22)12-4-7-14(25-3)15(10-12)26(23,24)18-13-5-6-13/h4,7,10-11,13,18H,5-6,8-9H2,1-3H3,(H,20,21). The van der Waals surface area contributed by atoms with Gasteiger partial charge in [-0.3, -0.25) is 9.59 Å². The molecule has 9 heteroatoms. The number of sulfonamides is 1. The summed E-state index contributed by atoms with van der Waals surface area (Å²) in [6.45, 7) is 3.59. The largest absolute Gasteiger partial charge is 0.495 e. The minimum atomic E-state index is -3.81. The molecule has 26 heavy (non-hydrogen) atoms. The van der Waals surface area contributed by atoms with Crippen molar-refractivity contribution in [1.82, 2.24) is 9.62 Å². The molecule has 1 saturated carbocycles. The Kier molecular flexibility index (Phi) is 6.25. The van der Waals surface area contributed by atoms with Crippen molar-refractivity contribution in [3.8, 4) is 5.75 Å². The lowest BCUT2D eigenvalue weighted by atomic mass is 10.1. The van der Waals surface area contributed by atoms with Crippen molar-refractivity contribution in [2.75, 3.05) is 13.7 Å². The summed E-state index contributed by atoms with van der Waals surface area (Å²) in [5.41, 5.74) is 0.168. The topological polar surface area (TPSA) is 113 Å². The van der Waals surface area contributed by atoms with Gasteiger partial charge in [0.25, 0.3) is 5.91 Å². The Labute approximate surface area is 153 Å². The van der Waals surface area contributed by atoms with Crippen LogP contribution in [0.2, 0.25) is 0 Å². The number of methoxy groups -OCH3 is 1. The van der Waals surface area contributed by atoms with E-state index in [1.165, 1.54) is 30.2 Å². The highest BCUT2D eigenvalue weighted by Crippen LogP contribution is 2.29. The molecule has 1 amide bonds. The van der Waals surface area contributed by atoms with E-state index in [4.69, 9.17) is 9.84 Å². The number of benzene rings is 1. The molecule has 0 aliphatic heterocycles. The molecule has 1 aliphatic rings. The molecule has 0 heterocycles. The van der Waals surface area contributed by atoms with Crippen molar-refractivity contribution >= 4 is 21.9 Å². The number of aliphatic carboxylic acids is 1. The summed E-state index contributed by atoms with van der Waals surface area (Å²) in [6.07, 6.45) is 1.39. The number of carbonyl (C=O) groups is 2. The van der Waals surface area contributed by atoms with Crippen molar-refractivity contribution in [3.63, 3.8) is 0 Å². The number of carboxylic acids is 1. The molecule has 0 aromatic heterocycles. The zero-order valence-electron chi connectivity index (χ0n) is 15.1. The summed E-state index contributed by atoms with van der Waals surface area (Å²) in [5.74, 6) is -1.28. The summed E-state index contributed by atoms with van der Waals surface area (Å²) in [6, 6.07) is 3.89. The van der Waals surface area contributed by atoms with Gasteiger partial charge in [0, 0.05) is 24.2 Å². The number of amides is 1. The first-order chi connectivity index (χ1) is 12.2. The SMILES string of the molecule is COc1ccc(C(=O)N(CCC(=O)O)C(C)C)cc1S(=O)(=O)NC1CC1. The molecule has 0 spiro atoms. The molecule has 0 radical (unpaired) electrons. The van der Waals surface area contributed by atoms with Gasteiger partial charge >= 0.3 is 5.97 Å². The van der Waals surface area contributed by atoms with Gasteiger partial charge in [-0.2, -0.15) is 0 Å². The Morgan fingerprint density at radius 3 is 2.50 bits per heavy atom. The third kappa shape index (κ3) is 4.95. The second kappa shape index (κ2) is 8.05. The highest BCUT2D eigenvalue weighted by atomic mass is 32.2. The molecule has 2 rings (SSSR count). The second-order valence-corrected chi connectivity index (χ2v) is 8.18. The molecule has 1 fully saturated rings. The van der Waals surface area contributed by atoms with E-state index in [1.807, 2.05) is 0 Å². The van der Waals surface area contributed by atoms with Gasteiger partial charge in [-0.1, -0.05) is 0 Å². The lowest BCUT2D eigenvalue weighted by Gasteiger charge is -2.26. The van der Waals surface area contributed by atoms with E-state index in [0.29, 0.717) is 0 Å². The van der Waals surface area contributed by atoms with Crippen molar-refractivity contribution in [3.05, 3.63) is 23.8 Å². The molecule has 8 nitrogen and oxygen atoms in total. The van der Waals surface area contributed by atoms with Crippen molar-refractivity contribution in [1.29, 1.82) is 0 Å². The third-order valence-electron chi connectivity index (χ3n) is 4.05. The highest BCUT2D eigenvalue weighted by Gasteiger charge is 2.31. The van der Waals surface area contributed by atoms with E-state index in [0.717, 1.165) is 12.8 Å². The lowest BCUT2D eigenvalue weighted by molar-refractivity contribution is -0.137. The van der Waals surface area contributed by atoms with Gasteiger partial charge < -0.3 is 14.7 Å². The first-order valence-corrected chi connectivity index (χ1v) is 9.87.